The minimum atomic E-state index is 0.696. The van der Waals surface area contributed by atoms with Crippen molar-refractivity contribution in [2.24, 2.45) is 0 Å². The number of imidazole rings is 1. The Bertz CT molecular complexity index is 512. The lowest BCUT2D eigenvalue weighted by Gasteiger charge is -2.19. The molecule has 1 aromatic heterocycles. The lowest BCUT2D eigenvalue weighted by molar-refractivity contribution is 0.187. The molecule has 0 aliphatic carbocycles. The zero-order valence-electron chi connectivity index (χ0n) is 12.8. The number of hydrogen-bond acceptors (Lipinski definition) is 4. The number of hydrogen-bond donors (Lipinski definition) is 1. The monoisotopic (exact) mass is 288 g/mol. The third-order valence-electron chi connectivity index (χ3n) is 3.40. The number of methoxy groups -OCH3 is 1. The van der Waals surface area contributed by atoms with Crippen LogP contribution in [0.2, 0.25) is 0 Å². The average Bonchev–Trinajstić information content (AvgIpc) is 2.97. The molecule has 5 heteroatoms. The zero-order valence-corrected chi connectivity index (χ0v) is 12.8. The maximum absolute atomic E-state index is 5.09. The van der Waals surface area contributed by atoms with Crippen molar-refractivity contribution in [3.8, 4) is 0 Å². The van der Waals surface area contributed by atoms with Crippen LogP contribution in [0.25, 0.3) is 0 Å². The summed E-state index contributed by atoms with van der Waals surface area (Å²) in [7, 11) is 3.83. The van der Waals surface area contributed by atoms with E-state index in [1.165, 1.54) is 5.69 Å². The first-order valence-electron chi connectivity index (χ1n) is 7.31. The number of para-hydroxylation sites is 1. The molecular formula is C16H24N4O. The molecule has 0 saturated carbocycles. The van der Waals surface area contributed by atoms with Crippen LogP contribution in [-0.4, -0.2) is 43.4 Å². The van der Waals surface area contributed by atoms with Gasteiger partial charge in [0.05, 0.1) is 6.61 Å². The van der Waals surface area contributed by atoms with Gasteiger partial charge < -0.3 is 19.5 Å². The van der Waals surface area contributed by atoms with Crippen LogP contribution in [-0.2, 0) is 11.3 Å². The number of nitrogens with one attached hydrogen (secondary N) is 1. The van der Waals surface area contributed by atoms with Crippen molar-refractivity contribution in [3.63, 3.8) is 0 Å². The standard InChI is InChI=1S/C16H24N4O/c1-19(15-7-4-3-5-8-15)11-6-9-17-16-18-10-12-20(16)13-14-21-2/h3-5,7-8,10,12H,6,9,11,13-14H2,1-2H3,(H,17,18). The van der Waals surface area contributed by atoms with E-state index in [1.807, 2.05) is 18.5 Å². The van der Waals surface area contributed by atoms with Gasteiger partial charge in [0.1, 0.15) is 0 Å². The summed E-state index contributed by atoms with van der Waals surface area (Å²) in [6.07, 6.45) is 4.84. The highest BCUT2D eigenvalue weighted by Gasteiger charge is 2.02. The van der Waals surface area contributed by atoms with Crippen LogP contribution in [0, 0.1) is 0 Å². The van der Waals surface area contributed by atoms with Crippen molar-refractivity contribution in [1.29, 1.82) is 0 Å². The molecular weight excluding hydrogens is 264 g/mol. The van der Waals surface area contributed by atoms with E-state index in [4.69, 9.17) is 4.74 Å². The quantitative estimate of drug-likeness (QED) is 0.720. The van der Waals surface area contributed by atoms with Gasteiger partial charge in [0.15, 0.2) is 0 Å². The van der Waals surface area contributed by atoms with Crippen molar-refractivity contribution in [2.45, 2.75) is 13.0 Å². The first kappa shape index (κ1) is 15.4. The lowest BCUT2D eigenvalue weighted by atomic mass is 10.3. The van der Waals surface area contributed by atoms with Gasteiger partial charge in [0.2, 0.25) is 5.95 Å². The number of ether oxygens (including phenoxy) is 1. The Morgan fingerprint density at radius 2 is 2.10 bits per heavy atom. The summed E-state index contributed by atoms with van der Waals surface area (Å²) in [4.78, 5) is 6.59. The molecule has 0 aliphatic rings. The second-order valence-electron chi connectivity index (χ2n) is 4.97. The Kier molecular flexibility index (Phi) is 6.09. The highest BCUT2D eigenvalue weighted by atomic mass is 16.5. The minimum absolute atomic E-state index is 0.696. The molecule has 0 aliphatic heterocycles. The Balaban J connectivity index is 1.71. The molecule has 1 N–H and O–H groups in total. The molecule has 0 radical (unpaired) electrons. The van der Waals surface area contributed by atoms with E-state index < -0.39 is 0 Å². The van der Waals surface area contributed by atoms with E-state index in [1.54, 1.807) is 7.11 Å². The van der Waals surface area contributed by atoms with E-state index in [0.717, 1.165) is 32.0 Å². The smallest absolute Gasteiger partial charge is 0.202 e. The van der Waals surface area contributed by atoms with Gasteiger partial charge in [-0.15, -0.1) is 0 Å². The van der Waals surface area contributed by atoms with Crippen molar-refractivity contribution in [1.82, 2.24) is 9.55 Å². The van der Waals surface area contributed by atoms with Crippen LogP contribution >= 0.6 is 0 Å². The molecule has 0 bridgehead atoms. The predicted molar refractivity (Wildman–Crippen MR) is 86.9 cm³/mol. The van der Waals surface area contributed by atoms with Gasteiger partial charge in [-0.1, -0.05) is 18.2 Å². The fourth-order valence-electron chi connectivity index (χ4n) is 2.17. The van der Waals surface area contributed by atoms with Crippen LogP contribution in [0.15, 0.2) is 42.7 Å². The summed E-state index contributed by atoms with van der Waals surface area (Å²) in [6, 6.07) is 10.4. The van der Waals surface area contributed by atoms with Crippen molar-refractivity contribution in [2.75, 3.05) is 44.1 Å². The minimum Gasteiger partial charge on any atom is -0.383 e. The van der Waals surface area contributed by atoms with Crippen molar-refractivity contribution < 1.29 is 4.74 Å². The SMILES string of the molecule is COCCn1ccnc1NCCCN(C)c1ccccc1. The molecule has 1 heterocycles. The van der Waals surface area contributed by atoms with Crippen LogP contribution in [0.5, 0.6) is 0 Å². The molecule has 0 saturated heterocycles. The molecule has 21 heavy (non-hydrogen) atoms. The van der Waals surface area contributed by atoms with E-state index in [2.05, 4.69) is 51.1 Å². The van der Waals surface area contributed by atoms with Crippen LogP contribution in [0.1, 0.15) is 6.42 Å². The Morgan fingerprint density at radius 3 is 2.86 bits per heavy atom. The number of benzene rings is 1. The fourth-order valence-corrected chi connectivity index (χ4v) is 2.17. The van der Waals surface area contributed by atoms with Gasteiger partial charge in [-0.3, -0.25) is 0 Å². The van der Waals surface area contributed by atoms with Gasteiger partial charge >= 0.3 is 0 Å². The normalized spacial score (nSPS) is 10.6. The lowest BCUT2D eigenvalue weighted by Crippen LogP contribution is -2.21. The first-order valence-corrected chi connectivity index (χ1v) is 7.31. The van der Waals surface area contributed by atoms with Gasteiger partial charge in [0, 0.05) is 51.9 Å². The van der Waals surface area contributed by atoms with Gasteiger partial charge in [-0.2, -0.15) is 0 Å². The number of rotatable bonds is 9. The first-order chi connectivity index (χ1) is 10.3. The largest absolute Gasteiger partial charge is 0.383 e. The molecule has 0 spiro atoms. The van der Waals surface area contributed by atoms with Crippen LogP contribution in [0.3, 0.4) is 0 Å². The second-order valence-corrected chi connectivity index (χ2v) is 4.97. The number of nitrogens with zero attached hydrogens (tertiary/aromatic N) is 3. The zero-order chi connectivity index (χ0) is 14.9. The summed E-state index contributed by atoms with van der Waals surface area (Å²) in [5, 5.41) is 3.38. The van der Waals surface area contributed by atoms with Crippen LogP contribution < -0.4 is 10.2 Å². The summed E-state index contributed by atoms with van der Waals surface area (Å²) in [5.41, 5.74) is 1.25. The van der Waals surface area contributed by atoms with Gasteiger partial charge in [-0.25, -0.2) is 4.98 Å². The third kappa shape index (κ3) is 4.79. The highest BCUT2D eigenvalue weighted by molar-refractivity contribution is 5.44. The molecule has 2 rings (SSSR count). The maximum atomic E-state index is 5.09. The summed E-state index contributed by atoms with van der Waals surface area (Å²) in [5.74, 6) is 0.911. The predicted octanol–water partition coefficient (Wildman–Crippen LogP) is 2.47. The Labute approximate surface area is 126 Å². The summed E-state index contributed by atoms with van der Waals surface area (Å²) < 4.78 is 7.17. The van der Waals surface area contributed by atoms with E-state index in [-0.39, 0.29) is 0 Å². The maximum Gasteiger partial charge on any atom is 0.202 e. The Hall–Kier alpha value is -2.01. The van der Waals surface area contributed by atoms with Gasteiger partial charge in [0.25, 0.3) is 0 Å². The molecule has 0 fully saturated rings. The van der Waals surface area contributed by atoms with E-state index >= 15 is 0 Å². The third-order valence-corrected chi connectivity index (χ3v) is 3.40. The molecule has 5 nitrogen and oxygen atoms in total. The highest BCUT2D eigenvalue weighted by Crippen LogP contribution is 2.11. The summed E-state index contributed by atoms with van der Waals surface area (Å²) in [6.45, 7) is 3.43. The topological polar surface area (TPSA) is 42.3 Å². The van der Waals surface area contributed by atoms with Gasteiger partial charge in [-0.05, 0) is 18.6 Å². The molecule has 0 atom stereocenters. The molecule has 0 unspecified atom stereocenters. The number of anilines is 2. The number of aromatic nitrogens is 2. The van der Waals surface area contributed by atoms with E-state index in [9.17, 15) is 0 Å². The molecule has 0 amide bonds. The van der Waals surface area contributed by atoms with Crippen molar-refractivity contribution >= 4 is 11.6 Å². The molecule has 114 valence electrons. The Morgan fingerprint density at radius 1 is 1.29 bits per heavy atom. The average molecular weight is 288 g/mol. The van der Waals surface area contributed by atoms with Crippen molar-refractivity contribution in [3.05, 3.63) is 42.7 Å². The second kappa shape index (κ2) is 8.32. The fraction of sp³-hybridized carbons (Fsp3) is 0.438. The van der Waals surface area contributed by atoms with Crippen LogP contribution in [0.4, 0.5) is 11.6 Å². The molecule has 2 aromatic rings. The van der Waals surface area contributed by atoms with E-state index in [0.29, 0.717) is 6.61 Å². The molecule has 1 aromatic carbocycles. The summed E-state index contributed by atoms with van der Waals surface area (Å²) >= 11 is 0.